The minimum absolute atomic E-state index is 0.136. The summed E-state index contributed by atoms with van der Waals surface area (Å²) in [6, 6.07) is 12.8. The zero-order valence-electron chi connectivity index (χ0n) is 13.1. The number of benzene rings is 2. The number of carbonyl (C=O) groups is 1. The molecule has 0 spiro atoms. The zero-order valence-corrected chi connectivity index (χ0v) is 13.8. The van der Waals surface area contributed by atoms with E-state index in [1.54, 1.807) is 32.4 Å². The van der Waals surface area contributed by atoms with Crippen LogP contribution in [-0.4, -0.2) is 20.1 Å². The summed E-state index contributed by atoms with van der Waals surface area (Å²) in [6.07, 6.45) is 1.82. The number of methoxy groups -OCH3 is 2. The van der Waals surface area contributed by atoms with Crippen LogP contribution >= 0.6 is 11.6 Å². The Hall–Kier alpha value is -2.20. The van der Waals surface area contributed by atoms with Crippen molar-refractivity contribution in [2.45, 2.75) is 18.4 Å². The van der Waals surface area contributed by atoms with Crippen molar-refractivity contribution in [2.75, 3.05) is 14.2 Å². The van der Waals surface area contributed by atoms with Gasteiger partial charge in [0, 0.05) is 10.6 Å². The monoisotopic (exact) mass is 331 g/mol. The number of hydrogen-bond donors (Lipinski definition) is 1. The van der Waals surface area contributed by atoms with E-state index in [9.17, 15) is 4.79 Å². The summed E-state index contributed by atoms with van der Waals surface area (Å²) in [4.78, 5) is 12.6. The van der Waals surface area contributed by atoms with Gasteiger partial charge in [-0.25, -0.2) is 0 Å². The fraction of sp³-hybridized carbons (Fsp3) is 0.278. The Morgan fingerprint density at radius 1 is 1.09 bits per heavy atom. The van der Waals surface area contributed by atoms with Gasteiger partial charge in [-0.1, -0.05) is 23.7 Å². The molecule has 1 fully saturated rings. The molecule has 23 heavy (non-hydrogen) atoms. The average molecular weight is 332 g/mol. The van der Waals surface area contributed by atoms with Crippen LogP contribution in [0.4, 0.5) is 0 Å². The van der Waals surface area contributed by atoms with Gasteiger partial charge in [-0.3, -0.25) is 4.79 Å². The minimum atomic E-state index is -0.310. The van der Waals surface area contributed by atoms with E-state index >= 15 is 0 Å². The highest BCUT2D eigenvalue weighted by Crippen LogP contribution is 2.46. The second kappa shape index (κ2) is 6.13. The molecule has 0 bridgehead atoms. The molecule has 0 unspecified atom stereocenters. The Morgan fingerprint density at radius 3 is 2.43 bits per heavy atom. The average Bonchev–Trinajstić information content (AvgIpc) is 3.35. The van der Waals surface area contributed by atoms with Crippen molar-refractivity contribution in [3.8, 4) is 11.5 Å². The van der Waals surface area contributed by atoms with Gasteiger partial charge in [0.1, 0.15) is 0 Å². The maximum Gasteiger partial charge on any atom is 0.252 e. The van der Waals surface area contributed by atoms with Gasteiger partial charge in [-0.05, 0) is 48.7 Å². The summed E-state index contributed by atoms with van der Waals surface area (Å²) in [6.45, 7) is 0. The maximum atomic E-state index is 12.6. The number of amides is 1. The van der Waals surface area contributed by atoms with Crippen LogP contribution in [0.15, 0.2) is 42.5 Å². The first-order valence-corrected chi connectivity index (χ1v) is 7.76. The van der Waals surface area contributed by atoms with E-state index in [1.165, 1.54) is 0 Å². The van der Waals surface area contributed by atoms with Gasteiger partial charge in [0.05, 0.1) is 19.8 Å². The van der Waals surface area contributed by atoms with E-state index in [2.05, 4.69) is 5.32 Å². The van der Waals surface area contributed by atoms with Crippen molar-refractivity contribution in [3.63, 3.8) is 0 Å². The molecule has 1 aliphatic rings. The molecule has 0 saturated heterocycles. The normalized spacial score (nSPS) is 14.9. The maximum absolute atomic E-state index is 12.6. The first kappa shape index (κ1) is 15.7. The van der Waals surface area contributed by atoms with Crippen LogP contribution in [0.2, 0.25) is 5.02 Å². The van der Waals surface area contributed by atoms with Crippen LogP contribution in [0.3, 0.4) is 0 Å². The quantitative estimate of drug-likeness (QED) is 0.907. The third-order valence-corrected chi connectivity index (χ3v) is 4.36. The summed E-state index contributed by atoms with van der Waals surface area (Å²) in [5, 5.41) is 3.80. The highest BCUT2D eigenvalue weighted by Gasteiger charge is 2.45. The first-order valence-electron chi connectivity index (χ1n) is 7.38. The lowest BCUT2D eigenvalue weighted by molar-refractivity contribution is 0.0930. The number of hydrogen-bond acceptors (Lipinski definition) is 3. The fourth-order valence-electron chi connectivity index (χ4n) is 2.66. The Morgan fingerprint density at radius 2 is 1.83 bits per heavy atom. The Labute approximate surface area is 140 Å². The van der Waals surface area contributed by atoms with Gasteiger partial charge >= 0.3 is 0 Å². The number of carbonyl (C=O) groups excluding carboxylic acids is 1. The molecule has 3 rings (SSSR count). The van der Waals surface area contributed by atoms with Gasteiger partial charge in [-0.2, -0.15) is 0 Å². The molecule has 0 radical (unpaired) electrons. The number of nitrogens with one attached hydrogen (secondary N) is 1. The van der Waals surface area contributed by atoms with Crippen LogP contribution in [-0.2, 0) is 5.54 Å². The molecule has 2 aromatic carbocycles. The Bertz CT molecular complexity index is 741. The largest absolute Gasteiger partial charge is 0.493 e. The topological polar surface area (TPSA) is 47.6 Å². The molecule has 1 amide bonds. The summed E-state index contributed by atoms with van der Waals surface area (Å²) in [5.74, 6) is 0.996. The van der Waals surface area contributed by atoms with Crippen LogP contribution in [0, 0.1) is 0 Å². The molecular formula is C18H18ClNO3. The van der Waals surface area contributed by atoms with Crippen LogP contribution in [0.5, 0.6) is 11.5 Å². The molecule has 1 N–H and O–H groups in total. The van der Waals surface area contributed by atoms with Gasteiger partial charge < -0.3 is 14.8 Å². The SMILES string of the molecule is COc1ccc(C(=O)NC2(c3cccc(Cl)c3)CC2)cc1OC. The second-order valence-corrected chi connectivity index (χ2v) is 6.05. The number of ether oxygens (including phenoxy) is 2. The smallest absolute Gasteiger partial charge is 0.252 e. The Balaban J connectivity index is 1.82. The molecule has 0 aromatic heterocycles. The summed E-state index contributed by atoms with van der Waals surface area (Å²) >= 11 is 6.06. The van der Waals surface area contributed by atoms with E-state index in [0.717, 1.165) is 18.4 Å². The van der Waals surface area contributed by atoms with Gasteiger partial charge in [0.2, 0.25) is 0 Å². The molecule has 0 atom stereocenters. The van der Waals surface area contributed by atoms with Crippen molar-refractivity contribution in [1.82, 2.24) is 5.32 Å². The summed E-state index contributed by atoms with van der Waals surface area (Å²) < 4.78 is 10.4. The highest BCUT2D eigenvalue weighted by atomic mass is 35.5. The first-order chi connectivity index (χ1) is 11.1. The van der Waals surface area contributed by atoms with Crippen molar-refractivity contribution in [3.05, 3.63) is 58.6 Å². The molecule has 0 aliphatic heterocycles. The lowest BCUT2D eigenvalue weighted by atomic mass is 10.0. The minimum Gasteiger partial charge on any atom is -0.493 e. The van der Waals surface area contributed by atoms with E-state index in [4.69, 9.17) is 21.1 Å². The van der Waals surface area contributed by atoms with Crippen molar-refractivity contribution in [2.24, 2.45) is 0 Å². The molecule has 5 heteroatoms. The molecule has 0 heterocycles. The third kappa shape index (κ3) is 3.13. The fourth-order valence-corrected chi connectivity index (χ4v) is 2.85. The number of rotatable bonds is 5. The molecule has 2 aromatic rings. The predicted molar refractivity (Wildman–Crippen MR) is 89.4 cm³/mol. The standard InChI is InChI=1S/C18H18ClNO3/c1-22-15-7-6-12(10-16(15)23-2)17(21)20-18(8-9-18)13-4-3-5-14(19)11-13/h3-7,10-11H,8-9H2,1-2H3,(H,20,21). The van der Waals surface area contributed by atoms with Crippen molar-refractivity contribution >= 4 is 17.5 Å². The third-order valence-electron chi connectivity index (χ3n) is 4.13. The second-order valence-electron chi connectivity index (χ2n) is 5.62. The molecular weight excluding hydrogens is 314 g/mol. The molecule has 1 aliphatic carbocycles. The Kier molecular flexibility index (Phi) is 4.18. The van der Waals surface area contributed by atoms with E-state index in [0.29, 0.717) is 22.1 Å². The zero-order chi connectivity index (χ0) is 16.4. The van der Waals surface area contributed by atoms with Crippen molar-refractivity contribution < 1.29 is 14.3 Å². The van der Waals surface area contributed by atoms with Crippen LogP contribution < -0.4 is 14.8 Å². The van der Waals surface area contributed by atoms with Crippen molar-refractivity contribution in [1.29, 1.82) is 0 Å². The van der Waals surface area contributed by atoms with Gasteiger partial charge in [-0.15, -0.1) is 0 Å². The summed E-state index contributed by atoms with van der Waals surface area (Å²) in [5.41, 5.74) is 1.27. The predicted octanol–water partition coefficient (Wildman–Crippen LogP) is 3.78. The van der Waals surface area contributed by atoms with Gasteiger partial charge in [0.15, 0.2) is 11.5 Å². The molecule has 4 nitrogen and oxygen atoms in total. The molecule has 1 saturated carbocycles. The van der Waals surface area contributed by atoms with E-state index < -0.39 is 0 Å². The number of halogens is 1. The van der Waals surface area contributed by atoms with Gasteiger partial charge in [0.25, 0.3) is 5.91 Å². The summed E-state index contributed by atoms with van der Waals surface area (Å²) in [7, 11) is 3.11. The van der Waals surface area contributed by atoms with Crippen LogP contribution in [0.25, 0.3) is 0 Å². The lowest BCUT2D eigenvalue weighted by Gasteiger charge is -2.19. The highest BCUT2D eigenvalue weighted by molar-refractivity contribution is 6.30. The lowest BCUT2D eigenvalue weighted by Crippen LogP contribution is -2.34. The molecule has 120 valence electrons. The van der Waals surface area contributed by atoms with E-state index in [1.807, 2.05) is 24.3 Å². The van der Waals surface area contributed by atoms with Crippen LogP contribution in [0.1, 0.15) is 28.8 Å². The van der Waals surface area contributed by atoms with E-state index in [-0.39, 0.29) is 11.4 Å².